The molecule has 4 heterocycles. The number of aromatic nitrogens is 5. The molecule has 5 rings (SSSR count). The highest BCUT2D eigenvalue weighted by Gasteiger charge is 2.27. The van der Waals surface area contributed by atoms with Crippen molar-refractivity contribution in [3.8, 4) is 11.3 Å². The summed E-state index contributed by atoms with van der Waals surface area (Å²) in [4.78, 5) is 34.4. The third-order valence-corrected chi connectivity index (χ3v) is 5.16. The van der Waals surface area contributed by atoms with Gasteiger partial charge in [0, 0.05) is 56.5 Å². The molecule has 9 heteroatoms. The van der Waals surface area contributed by atoms with E-state index in [2.05, 4.69) is 24.8 Å². The minimum absolute atomic E-state index is 0.154. The first-order valence-electron chi connectivity index (χ1n) is 9.60. The Bertz CT molecular complexity index is 1190. The van der Waals surface area contributed by atoms with E-state index < -0.39 is 0 Å². The normalized spacial score (nSPS) is 14.3. The van der Waals surface area contributed by atoms with Crippen molar-refractivity contribution in [3.05, 3.63) is 73.0 Å². The molecule has 1 amide bonds. The number of carbonyl (C=O) groups is 1. The number of imidazole rings is 1. The molecule has 0 N–H and O–H groups in total. The minimum atomic E-state index is -0.322. The third-order valence-electron chi connectivity index (χ3n) is 5.16. The maximum absolute atomic E-state index is 13.3. The maximum Gasteiger partial charge on any atom is 0.290 e. The summed E-state index contributed by atoms with van der Waals surface area (Å²) in [5, 5.41) is 0. The van der Waals surface area contributed by atoms with Gasteiger partial charge in [-0.15, -0.1) is 0 Å². The Morgan fingerprint density at radius 3 is 2.43 bits per heavy atom. The molecule has 0 aliphatic carbocycles. The number of hydrogen-bond donors (Lipinski definition) is 0. The van der Waals surface area contributed by atoms with Gasteiger partial charge >= 0.3 is 0 Å². The van der Waals surface area contributed by atoms with Crippen LogP contribution in [0.5, 0.6) is 0 Å². The van der Waals surface area contributed by atoms with Crippen molar-refractivity contribution in [1.82, 2.24) is 29.2 Å². The molecule has 0 radical (unpaired) electrons. The van der Waals surface area contributed by atoms with Crippen LogP contribution in [0, 0.1) is 5.82 Å². The summed E-state index contributed by atoms with van der Waals surface area (Å²) in [5.41, 5.74) is 2.03. The monoisotopic (exact) mass is 403 g/mol. The first-order valence-corrected chi connectivity index (χ1v) is 9.60. The van der Waals surface area contributed by atoms with E-state index in [1.165, 1.54) is 12.1 Å². The minimum Gasteiger partial charge on any atom is -0.337 e. The zero-order valence-corrected chi connectivity index (χ0v) is 16.0. The molecule has 4 aromatic rings. The van der Waals surface area contributed by atoms with Crippen molar-refractivity contribution in [2.45, 2.75) is 0 Å². The average molecular weight is 403 g/mol. The highest BCUT2D eigenvalue weighted by Crippen LogP contribution is 2.25. The number of fused-ring (bicyclic) bond motifs is 1. The molecule has 150 valence electrons. The van der Waals surface area contributed by atoms with Crippen LogP contribution in [0.3, 0.4) is 0 Å². The van der Waals surface area contributed by atoms with Crippen LogP contribution in [0.25, 0.3) is 16.8 Å². The number of hydrogen-bond acceptors (Lipinski definition) is 6. The standard InChI is InChI=1S/C21H18FN7O/c22-16-4-2-15(3-5-16)18-17-14-23-8-9-29(17)19(26-18)20(30)27-10-12-28(13-11-27)21-24-6-1-7-25-21/h1-9,14H,10-13H2. The van der Waals surface area contributed by atoms with Gasteiger partial charge in [-0.05, 0) is 30.3 Å². The van der Waals surface area contributed by atoms with Gasteiger partial charge in [-0.1, -0.05) is 0 Å². The second-order valence-corrected chi connectivity index (χ2v) is 6.95. The number of amides is 1. The largest absolute Gasteiger partial charge is 0.337 e. The lowest BCUT2D eigenvalue weighted by molar-refractivity contribution is 0.0733. The molecule has 1 aliphatic heterocycles. The Balaban J connectivity index is 1.42. The second-order valence-electron chi connectivity index (χ2n) is 6.95. The Hall–Kier alpha value is -3.88. The van der Waals surface area contributed by atoms with E-state index in [0.717, 1.165) is 5.56 Å². The van der Waals surface area contributed by atoms with E-state index in [4.69, 9.17) is 0 Å². The number of nitrogens with zero attached hydrogens (tertiary/aromatic N) is 7. The van der Waals surface area contributed by atoms with Crippen LogP contribution < -0.4 is 4.90 Å². The highest BCUT2D eigenvalue weighted by atomic mass is 19.1. The van der Waals surface area contributed by atoms with E-state index in [1.807, 2.05) is 0 Å². The van der Waals surface area contributed by atoms with Crippen LogP contribution in [-0.2, 0) is 0 Å². The highest BCUT2D eigenvalue weighted by molar-refractivity contribution is 5.94. The topological polar surface area (TPSA) is 79.5 Å². The predicted molar refractivity (Wildman–Crippen MR) is 109 cm³/mol. The van der Waals surface area contributed by atoms with Crippen molar-refractivity contribution in [2.75, 3.05) is 31.1 Å². The number of halogens is 1. The van der Waals surface area contributed by atoms with Gasteiger partial charge in [-0.3, -0.25) is 14.2 Å². The molecule has 1 aromatic carbocycles. The first-order chi connectivity index (χ1) is 14.7. The Kier molecular flexibility index (Phi) is 4.55. The lowest BCUT2D eigenvalue weighted by Gasteiger charge is -2.34. The van der Waals surface area contributed by atoms with Gasteiger partial charge in [0.2, 0.25) is 11.8 Å². The molecule has 8 nitrogen and oxygen atoms in total. The molecule has 3 aromatic heterocycles. The van der Waals surface area contributed by atoms with Crippen molar-refractivity contribution in [3.63, 3.8) is 0 Å². The molecule has 30 heavy (non-hydrogen) atoms. The summed E-state index contributed by atoms with van der Waals surface area (Å²) in [7, 11) is 0. The summed E-state index contributed by atoms with van der Waals surface area (Å²) in [6, 6.07) is 7.84. The van der Waals surface area contributed by atoms with Crippen LogP contribution in [0.4, 0.5) is 10.3 Å². The molecule has 0 saturated carbocycles. The van der Waals surface area contributed by atoms with E-state index in [0.29, 0.717) is 49.2 Å². The first kappa shape index (κ1) is 18.2. The SMILES string of the molecule is O=C(c1nc(-c2ccc(F)cc2)c2cnccn12)N1CCN(c2ncccn2)CC1. The number of carbonyl (C=O) groups excluding carboxylic acids is 1. The van der Waals surface area contributed by atoms with Crippen LogP contribution in [0.2, 0.25) is 0 Å². The number of rotatable bonds is 3. The maximum atomic E-state index is 13.3. The molecule has 0 spiro atoms. The number of piperazine rings is 1. The summed E-state index contributed by atoms with van der Waals surface area (Å²) in [6.45, 7) is 2.38. The van der Waals surface area contributed by atoms with Gasteiger partial charge in [-0.25, -0.2) is 19.3 Å². The van der Waals surface area contributed by atoms with Gasteiger partial charge in [0.1, 0.15) is 5.82 Å². The molecule has 0 atom stereocenters. The van der Waals surface area contributed by atoms with Gasteiger partial charge in [0.15, 0.2) is 0 Å². The van der Waals surface area contributed by atoms with Crippen LogP contribution >= 0.6 is 0 Å². The van der Waals surface area contributed by atoms with E-state index in [-0.39, 0.29) is 11.7 Å². The molecule has 0 bridgehead atoms. The molecular formula is C21H18FN7O. The average Bonchev–Trinajstić information content (AvgIpc) is 3.20. The lowest BCUT2D eigenvalue weighted by Crippen LogP contribution is -2.49. The smallest absolute Gasteiger partial charge is 0.290 e. The Labute approximate surface area is 171 Å². The summed E-state index contributed by atoms with van der Waals surface area (Å²) >= 11 is 0. The molecule has 1 fully saturated rings. The van der Waals surface area contributed by atoms with Gasteiger partial charge < -0.3 is 9.80 Å². The van der Waals surface area contributed by atoms with Crippen LogP contribution in [0.1, 0.15) is 10.6 Å². The fraction of sp³-hybridized carbons (Fsp3) is 0.190. The van der Waals surface area contributed by atoms with Gasteiger partial charge in [0.25, 0.3) is 5.91 Å². The van der Waals surface area contributed by atoms with Crippen molar-refractivity contribution in [1.29, 1.82) is 0 Å². The number of benzene rings is 1. The zero-order valence-electron chi connectivity index (χ0n) is 16.0. The Morgan fingerprint density at radius 2 is 1.70 bits per heavy atom. The molecule has 1 saturated heterocycles. The fourth-order valence-electron chi connectivity index (χ4n) is 3.61. The fourth-order valence-corrected chi connectivity index (χ4v) is 3.61. The summed E-state index contributed by atoms with van der Waals surface area (Å²) < 4.78 is 15.1. The molecule has 1 aliphatic rings. The zero-order chi connectivity index (χ0) is 20.5. The van der Waals surface area contributed by atoms with Crippen molar-refractivity contribution >= 4 is 17.4 Å². The number of anilines is 1. The van der Waals surface area contributed by atoms with Gasteiger partial charge in [-0.2, -0.15) is 0 Å². The van der Waals surface area contributed by atoms with E-state index in [1.54, 1.807) is 58.5 Å². The Morgan fingerprint density at radius 1 is 0.967 bits per heavy atom. The third kappa shape index (κ3) is 3.24. The van der Waals surface area contributed by atoms with Crippen molar-refractivity contribution < 1.29 is 9.18 Å². The second kappa shape index (κ2) is 7.51. The van der Waals surface area contributed by atoms with E-state index >= 15 is 0 Å². The lowest BCUT2D eigenvalue weighted by atomic mass is 10.1. The summed E-state index contributed by atoms with van der Waals surface area (Å²) in [5.74, 6) is 0.506. The van der Waals surface area contributed by atoms with E-state index in [9.17, 15) is 9.18 Å². The molecule has 0 unspecified atom stereocenters. The van der Waals surface area contributed by atoms with Crippen molar-refractivity contribution in [2.24, 2.45) is 0 Å². The summed E-state index contributed by atoms with van der Waals surface area (Å²) in [6.07, 6.45) is 8.41. The van der Waals surface area contributed by atoms with Gasteiger partial charge in [0.05, 0.1) is 17.4 Å². The van der Waals surface area contributed by atoms with Crippen LogP contribution in [0.15, 0.2) is 61.3 Å². The molecular weight excluding hydrogens is 385 g/mol. The van der Waals surface area contributed by atoms with Crippen LogP contribution in [-0.4, -0.2) is 61.3 Å². The predicted octanol–water partition coefficient (Wildman–Crippen LogP) is 2.29. The quantitative estimate of drug-likeness (QED) is 0.522.